The predicted molar refractivity (Wildman–Crippen MR) is 67.5 cm³/mol. The largest absolute Gasteiger partial charge is 0.360 e. The van der Waals surface area contributed by atoms with Gasteiger partial charge in [-0.25, -0.2) is 4.98 Å². The molecule has 2 heterocycles. The lowest BCUT2D eigenvalue weighted by Gasteiger charge is -2.03. The molecular weight excluding hydrogens is 248 g/mol. The summed E-state index contributed by atoms with van der Waals surface area (Å²) >= 11 is 0. The van der Waals surface area contributed by atoms with Gasteiger partial charge in [-0.05, 0) is 25.5 Å². The number of pyridine rings is 1. The Hall–Kier alpha value is -2.70. The van der Waals surface area contributed by atoms with Gasteiger partial charge in [0.05, 0.1) is 0 Å². The summed E-state index contributed by atoms with van der Waals surface area (Å²) in [6.07, 6.45) is 1.59. The molecule has 0 unspecified atom stereocenters. The second kappa shape index (κ2) is 5.30. The molecule has 2 amide bonds. The van der Waals surface area contributed by atoms with Gasteiger partial charge in [-0.15, -0.1) is 0 Å². The molecule has 2 N–H and O–H groups in total. The first-order chi connectivity index (χ1) is 9.04. The number of carbonyl (C=O) groups excluding carboxylic acids is 2. The minimum atomic E-state index is -0.837. The molecule has 0 saturated heterocycles. The normalized spacial score (nSPS) is 10.0. The third-order valence-electron chi connectivity index (χ3n) is 2.23. The van der Waals surface area contributed by atoms with Crippen molar-refractivity contribution in [2.24, 2.45) is 0 Å². The Morgan fingerprint density at radius 3 is 2.32 bits per heavy atom. The number of hydrogen-bond acceptors (Lipinski definition) is 5. The highest BCUT2D eigenvalue weighted by atomic mass is 16.5. The van der Waals surface area contributed by atoms with Gasteiger partial charge in [0.15, 0.2) is 5.82 Å². The summed E-state index contributed by atoms with van der Waals surface area (Å²) < 4.78 is 4.77. The van der Waals surface area contributed by atoms with Gasteiger partial charge in [0.1, 0.15) is 11.6 Å². The molecule has 0 saturated carbocycles. The highest BCUT2D eigenvalue weighted by Gasteiger charge is 2.16. The number of aromatic nitrogens is 2. The summed E-state index contributed by atoms with van der Waals surface area (Å²) in [5.41, 5.74) is 0.959. The van der Waals surface area contributed by atoms with E-state index in [1.54, 1.807) is 25.3 Å². The minimum Gasteiger partial charge on any atom is -0.360 e. The summed E-state index contributed by atoms with van der Waals surface area (Å²) in [6, 6.07) is 4.90. The van der Waals surface area contributed by atoms with Crippen LogP contribution in [0.15, 0.2) is 28.9 Å². The zero-order valence-corrected chi connectivity index (χ0v) is 10.4. The van der Waals surface area contributed by atoms with Crippen LogP contribution in [0.4, 0.5) is 11.6 Å². The molecule has 0 fully saturated rings. The summed E-state index contributed by atoms with van der Waals surface area (Å²) in [7, 11) is 0. The van der Waals surface area contributed by atoms with E-state index in [9.17, 15) is 9.59 Å². The number of nitrogens with one attached hydrogen (secondary N) is 2. The lowest BCUT2D eigenvalue weighted by Crippen LogP contribution is -2.29. The Kier molecular flexibility index (Phi) is 3.56. The van der Waals surface area contributed by atoms with Gasteiger partial charge >= 0.3 is 11.8 Å². The van der Waals surface area contributed by atoms with Crippen LogP contribution in [0.2, 0.25) is 0 Å². The Bertz CT molecular complexity index is 604. The Morgan fingerprint density at radius 1 is 1.11 bits per heavy atom. The van der Waals surface area contributed by atoms with Crippen LogP contribution in [0, 0.1) is 13.8 Å². The van der Waals surface area contributed by atoms with E-state index in [0.717, 1.165) is 5.56 Å². The SMILES string of the molecule is Cc1ccc(NC(=O)C(=O)Nc2cc(C)on2)nc1. The molecule has 0 radical (unpaired) electrons. The van der Waals surface area contributed by atoms with E-state index in [1.807, 2.05) is 6.92 Å². The first kappa shape index (κ1) is 12.7. The van der Waals surface area contributed by atoms with E-state index in [1.165, 1.54) is 6.07 Å². The molecule has 19 heavy (non-hydrogen) atoms. The molecular formula is C12H12N4O3. The van der Waals surface area contributed by atoms with Crippen LogP contribution in [0.5, 0.6) is 0 Å². The Balaban J connectivity index is 1.96. The number of nitrogens with zero attached hydrogens (tertiary/aromatic N) is 2. The first-order valence-corrected chi connectivity index (χ1v) is 5.53. The van der Waals surface area contributed by atoms with Crippen molar-refractivity contribution in [2.45, 2.75) is 13.8 Å². The molecule has 0 aliphatic rings. The maximum atomic E-state index is 11.6. The van der Waals surface area contributed by atoms with Crippen LogP contribution < -0.4 is 10.6 Å². The van der Waals surface area contributed by atoms with Gasteiger partial charge in [-0.3, -0.25) is 14.9 Å². The Morgan fingerprint density at radius 2 is 1.79 bits per heavy atom. The third kappa shape index (κ3) is 3.38. The fraction of sp³-hybridized carbons (Fsp3) is 0.167. The molecule has 2 rings (SSSR count). The lowest BCUT2D eigenvalue weighted by molar-refractivity contribution is -0.133. The minimum absolute atomic E-state index is 0.189. The van der Waals surface area contributed by atoms with Crippen molar-refractivity contribution in [1.82, 2.24) is 10.1 Å². The fourth-order valence-corrected chi connectivity index (χ4v) is 1.31. The van der Waals surface area contributed by atoms with Crippen molar-refractivity contribution in [1.29, 1.82) is 0 Å². The van der Waals surface area contributed by atoms with E-state index in [-0.39, 0.29) is 5.82 Å². The quantitative estimate of drug-likeness (QED) is 0.792. The topological polar surface area (TPSA) is 97.1 Å². The number of amides is 2. The van der Waals surface area contributed by atoms with Gasteiger partial charge in [-0.2, -0.15) is 0 Å². The molecule has 2 aromatic heterocycles. The van der Waals surface area contributed by atoms with Crippen molar-refractivity contribution in [2.75, 3.05) is 10.6 Å². The van der Waals surface area contributed by atoms with Crippen LogP contribution >= 0.6 is 0 Å². The average molecular weight is 260 g/mol. The number of anilines is 2. The lowest BCUT2D eigenvalue weighted by atomic mass is 10.3. The summed E-state index contributed by atoms with van der Waals surface area (Å²) in [5.74, 6) is -0.625. The van der Waals surface area contributed by atoms with E-state index in [2.05, 4.69) is 20.8 Å². The maximum Gasteiger partial charge on any atom is 0.315 e. The first-order valence-electron chi connectivity index (χ1n) is 5.53. The zero-order valence-electron chi connectivity index (χ0n) is 10.4. The third-order valence-corrected chi connectivity index (χ3v) is 2.23. The molecule has 0 atom stereocenters. The predicted octanol–water partition coefficient (Wildman–Crippen LogP) is 1.26. The van der Waals surface area contributed by atoms with Crippen LogP contribution in [0.25, 0.3) is 0 Å². The fourth-order valence-electron chi connectivity index (χ4n) is 1.31. The smallest absolute Gasteiger partial charge is 0.315 e. The van der Waals surface area contributed by atoms with Crippen molar-refractivity contribution in [3.8, 4) is 0 Å². The van der Waals surface area contributed by atoms with Gasteiger partial charge in [-0.1, -0.05) is 11.2 Å². The second-order valence-electron chi connectivity index (χ2n) is 3.95. The number of rotatable bonds is 2. The molecule has 7 nitrogen and oxygen atoms in total. The number of aryl methyl sites for hydroxylation is 2. The highest BCUT2D eigenvalue weighted by molar-refractivity contribution is 6.43. The molecule has 2 aromatic rings. The molecule has 98 valence electrons. The average Bonchev–Trinajstić information content (AvgIpc) is 2.77. The van der Waals surface area contributed by atoms with Gasteiger partial charge in [0, 0.05) is 12.3 Å². The van der Waals surface area contributed by atoms with E-state index in [0.29, 0.717) is 11.6 Å². The summed E-state index contributed by atoms with van der Waals surface area (Å²) in [6.45, 7) is 3.55. The molecule has 0 bridgehead atoms. The van der Waals surface area contributed by atoms with E-state index < -0.39 is 11.8 Å². The monoisotopic (exact) mass is 260 g/mol. The van der Waals surface area contributed by atoms with Crippen molar-refractivity contribution < 1.29 is 14.1 Å². The second-order valence-corrected chi connectivity index (χ2v) is 3.95. The highest BCUT2D eigenvalue weighted by Crippen LogP contribution is 2.07. The van der Waals surface area contributed by atoms with E-state index in [4.69, 9.17) is 4.52 Å². The molecule has 0 spiro atoms. The summed E-state index contributed by atoms with van der Waals surface area (Å²) in [4.78, 5) is 27.1. The van der Waals surface area contributed by atoms with Gasteiger partial charge < -0.3 is 9.84 Å². The summed E-state index contributed by atoms with van der Waals surface area (Å²) in [5, 5.41) is 8.24. The van der Waals surface area contributed by atoms with Crippen LogP contribution in [0.3, 0.4) is 0 Å². The molecule has 0 aromatic carbocycles. The Labute approximate surface area is 109 Å². The molecule has 0 aliphatic carbocycles. The maximum absolute atomic E-state index is 11.6. The van der Waals surface area contributed by atoms with E-state index >= 15 is 0 Å². The molecule has 0 aliphatic heterocycles. The van der Waals surface area contributed by atoms with Gasteiger partial charge in [0.2, 0.25) is 0 Å². The van der Waals surface area contributed by atoms with Crippen molar-refractivity contribution in [3.05, 3.63) is 35.7 Å². The van der Waals surface area contributed by atoms with Crippen LogP contribution in [0.1, 0.15) is 11.3 Å². The zero-order chi connectivity index (χ0) is 13.8. The van der Waals surface area contributed by atoms with Crippen molar-refractivity contribution in [3.63, 3.8) is 0 Å². The van der Waals surface area contributed by atoms with Crippen LogP contribution in [-0.4, -0.2) is 22.0 Å². The number of carbonyl (C=O) groups is 2. The van der Waals surface area contributed by atoms with Gasteiger partial charge in [0.25, 0.3) is 0 Å². The molecule has 7 heteroatoms. The number of hydrogen-bond donors (Lipinski definition) is 2. The van der Waals surface area contributed by atoms with Crippen molar-refractivity contribution >= 4 is 23.5 Å². The van der Waals surface area contributed by atoms with Crippen LogP contribution in [-0.2, 0) is 9.59 Å². The standard InChI is InChI=1S/C12H12N4O3/c1-7-3-4-9(13-6-7)14-11(17)12(18)15-10-5-8(2)19-16-10/h3-6H,1-2H3,(H,13,14,17)(H,15,16,18).